The minimum Gasteiger partial charge on any atom is -0.363 e. The van der Waals surface area contributed by atoms with Gasteiger partial charge in [-0.25, -0.2) is 4.98 Å². The maximum Gasteiger partial charge on any atom is 0.251 e. The molecule has 24 heavy (non-hydrogen) atoms. The zero-order valence-corrected chi connectivity index (χ0v) is 14.4. The van der Waals surface area contributed by atoms with Crippen LogP contribution < -0.4 is 10.2 Å². The molecule has 0 saturated carbocycles. The maximum absolute atomic E-state index is 12.3. The largest absolute Gasteiger partial charge is 0.363 e. The molecule has 0 fully saturated rings. The average Bonchev–Trinajstić information content (AvgIpc) is 2.97. The van der Waals surface area contributed by atoms with Gasteiger partial charge in [-0.05, 0) is 30.2 Å². The number of fused-ring (bicyclic) bond motifs is 1. The first-order valence-corrected chi connectivity index (χ1v) is 8.10. The van der Waals surface area contributed by atoms with E-state index in [2.05, 4.69) is 21.4 Å². The number of rotatable bonds is 5. The van der Waals surface area contributed by atoms with Crippen molar-refractivity contribution in [1.82, 2.24) is 15.3 Å². The van der Waals surface area contributed by atoms with E-state index in [1.165, 1.54) is 10.9 Å². The van der Waals surface area contributed by atoms with Crippen molar-refractivity contribution in [1.29, 1.82) is 0 Å². The van der Waals surface area contributed by atoms with E-state index in [-0.39, 0.29) is 5.91 Å². The Balaban J connectivity index is 1.65. The van der Waals surface area contributed by atoms with Gasteiger partial charge in [0.25, 0.3) is 5.91 Å². The van der Waals surface area contributed by atoms with Crippen molar-refractivity contribution in [2.24, 2.45) is 0 Å². The third-order valence-electron chi connectivity index (χ3n) is 3.86. The number of aromatic amines is 1. The molecule has 0 unspecified atom stereocenters. The van der Waals surface area contributed by atoms with Crippen LogP contribution in [0.5, 0.6) is 0 Å². The van der Waals surface area contributed by atoms with E-state index in [4.69, 9.17) is 11.6 Å². The average molecular weight is 343 g/mol. The first-order chi connectivity index (χ1) is 11.5. The van der Waals surface area contributed by atoms with Crippen molar-refractivity contribution in [3.8, 4) is 0 Å². The summed E-state index contributed by atoms with van der Waals surface area (Å²) < 4.78 is 0. The summed E-state index contributed by atoms with van der Waals surface area (Å²) >= 11 is 6.00. The molecule has 0 spiro atoms. The van der Waals surface area contributed by atoms with Gasteiger partial charge in [-0.2, -0.15) is 0 Å². The topological polar surface area (TPSA) is 61.0 Å². The van der Waals surface area contributed by atoms with Crippen LogP contribution in [0.2, 0.25) is 5.15 Å². The minimum atomic E-state index is -0.151. The summed E-state index contributed by atoms with van der Waals surface area (Å²) in [6, 6.07) is 11.4. The number of carbonyl (C=O) groups excluding carboxylic acids is 1. The van der Waals surface area contributed by atoms with Gasteiger partial charge in [0.05, 0.1) is 0 Å². The Morgan fingerprint density at radius 1 is 1.29 bits per heavy atom. The van der Waals surface area contributed by atoms with Crippen LogP contribution in [0.1, 0.15) is 15.9 Å². The van der Waals surface area contributed by atoms with Crippen LogP contribution in [-0.4, -0.2) is 36.5 Å². The Hall–Kier alpha value is -2.53. The number of pyridine rings is 1. The van der Waals surface area contributed by atoms with Gasteiger partial charge in [-0.15, -0.1) is 0 Å². The lowest BCUT2D eigenvalue weighted by atomic mass is 10.1. The molecule has 1 amide bonds. The van der Waals surface area contributed by atoms with E-state index in [0.717, 1.165) is 11.9 Å². The Bertz CT molecular complexity index is 872. The number of hydrogen-bond acceptors (Lipinski definition) is 3. The number of hydrogen-bond donors (Lipinski definition) is 2. The highest BCUT2D eigenvalue weighted by Gasteiger charge is 2.10. The fraction of sp³-hybridized carbons (Fsp3) is 0.222. The van der Waals surface area contributed by atoms with E-state index in [0.29, 0.717) is 23.1 Å². The Kier molecular flexibility index (Phi) is 4.71. The summed E-state index contributed by atoms with van der Waals surface area (Å²) in [5, 5.41) is 4.43. The molecule has 6 heteroatoms. The lowest BCUT2D eigenvalue weighted by molar-refractivity contribution is 0.0954. The zero-order valence-electron chi connectivity index (χ0n) is 13.6. The van der Waals surface area contributed by atoms with Gasteiger partial charge in [-0.1, -0.05) is 29.8 Å². The fourth-order valence-corrected chi connectivity index (χ4v) is 2.80. The summed E-state index contributed by atoms with van der Waals surface area (Å²) in [5.74, 6) is 0.506. The van der Waals surface area contributed by atoms with Gasteiger partial charge in [0.15, 0.2) is 0 Å². The molecule has 3 aromatic rings. The van der Waals surface area contributed by atoms with Gasteiger partial charge in [-0.3, -0.25) is 4.79 Å². The van der Waals surface area contributed by atoms with Gasteiger partial charge in [0.1, 0.15) is 11.0 Å². The molecule has 0 saturated heterocycles. The number of H-pyrrole nitrogens is 1. The third kappa shape index (κ3) is 3.51. The van der Waals surface area contributed by atoms with Crippen LogP contribution in [-0.2, 0) is 6.42 Å². The molecule has 5 nitrogen and oxygen atoms in total. The predicted molar refractivity (Wildman–Crippen MR) is 97.9 cm³/mol. The van der Waals surface area contributed by atoms with E-state index in [1.54, 1.807) is 12.1 Å². The molecule has 0 aliphatic heterocycles. The molecule has 0 aliphatic rings. The number of carbonyl (C=O) groups is 1. The number of benzene rings is 1. The molecular formula is C18H19ClN4O. The van der Waals surface area contributed by atoms with Crippen LogP contribution >= 0.6 is 11.6 Å². The maximum atomic E-state index is 12.3. The molecule has 0 aliphatic carbocycles. The minimum absolute atomic E-state index is 0.151. The molecule has 2 heterocycles. The number of anilines is 1. The molecule has 3 rings (SSSR count). The van der Waals surface area contributed by atoms with E-state index < -0.39 is 0 Å². The standard InChI is InChI=1S/C18H19ClN4O/c1-23(2)17-10-13(9-16(19)22-17)18(24)20-8-7-12-11-21-15-6-4-3-5-14(12)15/h3-6,9-11,21H,7-8H2,1-2H3,(H,20,24). The highest BCUT2D eigenvalue weighted by atomic mass is 35.5. The number of aromatic nitrogens is 2. The summed E-state index contributed by atoms with van der Waals surface area (Å²) in [6.45, 7) is 0.553. The summed E-state index contributed by atoms with van der Waals surface area (Å²) in [6.07, 6.45) is 2.75. The van der Waals surface area contributed by atoms with Gasteiger partial charge < -0.3 is 15.2 Å². The van der Waals surface area contributed by atoms with E-state index in [1.807, 2.05) is 43.4 Å². The van der Waals surface area contributed by atoms with Crippen LogP contribution in [0.15, 0.2) is 42.6 Å². The molecule has 124 valence electrons. The molecule has 0 atom stereocenters. The predicted octanol–water partition coefficient (Wildman–Crippen LogP) is 3.25. The SMILES string of the molecule is CN(C)c1cc(C(=O)NCCc2c[nH]c3ccccc23)cc(Cl)n1. The lowest BCUT2D eigenvalue weighted by Crippen LogP contribution is -2.26. The molecule has 0 radical (unpaired) electrons. The summed E-state index contributed by atoms with van der Waals surface area (Å²) in [4.78, 5) is 21.6. The molecule has 1 aromatic carbocycles. The molecule has 2 N–H and O–H groups in total. The normalized spacial score (nSPS) is 10.8. The number of nitrogens with one attached hydrogen (secondary N) is 2. The van der Waals surface area contributed by atoms with Crippen LogP contribution in [0.3, 0.4) is 0 Å². The lowest BCUT2D eigenvalue weighted by Gasteiger charge is -2.13. The smallest absolute Gasteiger partial charge is 0.251 e. The van der Waals surface area contributed by atoms with Gasteiger partial charge in [0, 0.05) is 43.3 Å². The third-order valence-corrected chi connectivity index (χ3v) is 4.05. The van der Waals surface area contributed by atoms with Gasteiger partial charge >= 0.3 is 0 Å². The van der Waals surface area contributed by atoms with Crippen LogP contribution in [0.4, 0.5) is 5.82 Å². The van der Waals surface area contributed by atoms with Crippen molar-refractivity contribution in [2.75, 3.05) is 25.5 Å². The second-order valence-corrected chi connectivity index (χ2v) is 6.18. The summed E-state index contributed by atoms with van der Waals surface area (Å²) in [7, 11) is 3.72. The number of amides is 1. The first-order valence-electron chi connectivity index (χ1n) is 7.72. The Morgan fingerprint density at radius 3 is 2.88 bits per heavy atom. The number of para-hydroxylation sites is 1. The first kappa shape index (κ1) is 16.3. The monoisotopic (exact) mass is 342 g/mol. The van der Waals surface area contributed by atoms with Gasteiger partial charge in [0.2, 0.25) is 0 Å². The van der Waals surface area contributed by atoms with Crippen LogP contribution in [0, 0.1) is 0 Å². The van der Waals surface area contributed by atoms with E-state index >= 15 is 0 Å². The van der Waals surface area contributed by atoms with Crippen molar-refractivity contribution < 1.29 is 4.79 Å². The molecule has 0 bridgehead atoms. The van der Waals surface area contributed by atoms with Crippen LogP contribution in [0.25, 0.3) is 10.9 Å². The fourth-order valence-electron chi connectivity index (χ4n) is 2.59. The quantitative estimate of drug-likeness (QED) is 0.700. The van der Waals surface area contributed by atoms with Crippen molar-refractivity contribution in [3.05, 3.63) is 58.9 Å². The molecule has 2 aromatic heterocycles. The van der Waals surface area contributed by atoms with Crippen molar-refractivity contribution in [2.45, 2.75) is 6.42 Å². The van der Waals surface area contributed by atoms with E-state index in [9.17, 15) is 4.79 Å². The highest BCUT2D eigenvalue weighted by Crippen LogP contribution is 2.18. The Morgan fingerprint density at radius 2 is 2.08 bits per heavy atom. The Labute approximate surface area is 145 Å². The number of halogens is 1. The van der Waals surface area contributed by atoms with Crippen molar-refractivity contribution in [3.63, 3.8) is 0 Å². The van der Waals surface area contributed by atoms with Crippen molar-refractivity contribution >= 4 is 34.2 Å². The second kappa shape index (κ2) is 6.93. The number of nitrogens with zero attached hydrogens (tertiary/aromatic N) is 2. The highest BCUT2D eigenvalue weighted by molar-refractivity contribution is 6.29. The molecular weight excluding hydrogens is 324 g/mol. The zero-order chi connectivity index (χ0) is 17.1. The second-order valence-electron chi connectivity index (χ2n) is 5.80. The summed E-state index contributed by atoms with van der Waals surface area (Å²) in [5.41, 5.74) is 2.81.